The highest BCUT2D eigenvalue weighted by Crippen LogP contribution is 2.35. The molecule has 0 radical (unpaired) electrons. The quantitative estimate of drug-likeness (QED) is 0.722. The number of aryl methyl sites for hydroxylation is 2. The van der Waals surface area contributed by atoms with Gasteiger partial charge in [0.15, 0.2) is 0 Å². The molecule has 0 aromatic carbocycles. The topological polar surface area (TPSA) is 96.6 Å². The summed E-state index contributed by atoms with van der Waals surface area (Å²) >= 11 is 1.35. The molecule has 2 aromatic heterocycles. The van der Waals surface area contributed by atoms with Crippen molar-refractivity contribution in [3.05, 3.63) is 31.3 Å². The van der Waals surface area contributed by atoms with Crippen molar-refractivity contribution in [1.29, 1.82) is 0 Å². The maximum Gasteiger partial charge on any atom is 0.333 e. The third-order valence-electron chi connectivity index (χ3n) is 4.10. The van der Waals surface area contributed by atoms with Crippen LogP contribution in [-0.4, -0.2) is 35.3 Å². The molecule has 0 unspecified atom stereocenters. The molecular formula is C15H16N2O6S. The van der Waals surface area contributed by atoms with Gasteiger partial charge in [-0.3, -0.25) is 19.0 Å². The molecule has 0 spiro atoms. The average Bonchev–Trinajstić information content (AvgIpc) is 3.15. The first kappa shape index (κ1) is 16.4. The maximum absolute atomic E-state index is 12.8. The second-order valence-corrected chi connectivity index (χ2v) is 6.53. The van der Waals surface area contributed by atoms with Crippen molar-refractivity contribution in [2.75, 3.05) is 14.2 Å². The number of hydrogen-bond donors (Lipinski definition) is 0. The molecule has 0 N–H and O–H groups in total. The van der Waals surface area contributed by atoms with Crippen LogP contribution in [0.2, 0.25) is 0 Å². The number of hydrogen-bond acceptors (Lipinski definition) is 7. The standard InChI is InChI=1S/C15H16N2O6S/c1-22-10(18)6-16-13(20)12-8-4-3-5-9(8)24-14(12)17(15(16)21)7-11(19)23-2/h3-7H2,1-2H3. The van der Waals surface area contributed by atoms with E-state index in [0.29, 0.717) is 10.2 Å². The van der Waals surface area contributed by atoms with Crippen LogP contribution in [0.15, 0.2) is 9.59 Å². The monoisotopic (exact) mass is 352 g/mol. The maximum atomic E-state index is 12.8. The van der Waals surface area contributed by atoms with Crippen LogP contribution in [0.25, 0.3) is 10.2 Å². The molecule has 0 fully saturated rings. The minimum Gasteiger partial charge on any atom is -0.468 e. The third-order valence-corrected chi connectivity index (χ3v) is 5.41. The first-order chi connectivity index (χ1) is 11.5. The zero-order valence-electron chi connectivity index (χ0n) is 13.3. The third kappa shape index (κ3) is 2.54. The van der Waals surface area contributed by atoms with Crippen molar-refractivity contribution in [1.82, 2.24) is 9.13 Å². The molecule has 0 saturated heterocycles. The molecule has 0 bridgehead atoms. The van der Waals surface area contributed by atoms with Crippen molar-refractivity contribution in [3.63, 3.8) is 0 Å². The lowest BCUT2D eigenvalue weighted by Gasteiger charge is -2.11. The Bertz CT molecular complexity index is 951. The largest absolute Gasteiger partial charge is 0.468 e. The minimum atomic E-state index is -0.719. The number of nitrogens with zero attached hydrogens (tertiary/aromatic N) is 2. The van der Waals surface area contributed by atoms with Crippen LogP contribution in [0.1, 0.15) is 16.9 Å². The van der Waals surface area contributed by atoms with Gasteiger partial charge in [-0.1, -0.05) is 0 Å². The van der Waals surface area contributed by atoms with E-state index in [0.717, 1.165) is 34.3 Å². The van der Waals surface area contributed by atoms with E-state index >= 15 is 0 Å². The summed E-state index contributed by atoms with van der Waals surface area (Å²) in [5, 5.41) is 0.417. The molecule has 2 heterocycles. The Morgan fingerprint density at radius 2 is 1.67 bits per heavy atom. The summed E-state index contributed by atoms with van der Waals surface area (Å²) in [5.41, 5.74) is -0.318. The molecular weight excluding hydrogens is 336 g/mol. The van der Waals surface area contributed by atoms with Gasteiger partial charge in [0.25, 0.3) is 5.56 Å². The van der Waals surface area contributed by atoms with Crippen LogP contribution in [0, 0.1) is 0 Å². The molecule has 2 aromatic rings. The number of carbonyl (C=O) groups excluding carboxylic acids is 2. The van der Waals surface area contributed by atoms with Gasteiger partial charge in [-0.25, -0.2) is 9.36 Å². The Morgan fingerprint density at radius 3 is 2.29 bits per heavy atom. The highest BCUT2D eigenvalue weighted by atomic mass is 32.1. The fraction of sp³-hybridized carbons (Fsp3) is 0.467. The summed E-state index contributed by atoms with van der Waals surface area (Å²) in [4.78, 5) is 50.2. The SMILES string of the molecule is COC(=O)Cn1c(=O)c2c3c(sc2n(CC(=O)OC)c1=O)CCC3. The van der Waals surface area contributed by atoms with Gasteiger partial charge in [0.2, 0.25) is 0 Å². The molecule has 0 aliphatic heterocycles. The van der Waals surface area contributed by atoms with E-state index in [1.165, 1.54) is 30.1 Å². The van der Waals surface area contributed by atoms with E-state index in [2.05, 4.69) is 9.47 Å². The van der Waals surface area contributed by atoms with Crippen molar-refractivity contribution in [2.45, 2.75) is 32.4 Å². The molecule has 1 aliphatic carbocycles. The second-order valence-electron chi connectivity index (χ2n) is 5.45. The zero-order valence-corrected chi connectivity index (χ0v) is 14.1. The number of thiophene rings is 1. The Balaban J connectivity index is 2.31. The number of ether oxygens (including phenoxy) is 2. The lowest BCUT2D eigenvalue weighted by Crippen LogP contribution is -2.42. The van der Waals surface area contributed by atoms with E-state index in [9.17, 15) is 19.2 Å². The van der Waals surface area contributed by atoms with E-state index in [1.807, 2.05) is 0 Å². The fourth-order valence-electron chi connectivity index (χ4n) is 2.92. The minimum absolute atomic E-state index is 0.313. The molecule has 0 atom stereocenters. The average molecular weight is 352 g/mol. The summed E-state index contributed by atoms with van der Waals surface area (Å²) in [6.07, 6.45) is 2.54. The summed E-state index contributed by atoms with van der Waals surface area (Å²) in [6, 6.07) is 0. The van der Waals surface area contributed by atoms with Gasteiger partial charge in [-0.05, 0) is 24.8 Å². The number of carbonyl (C=O) groups is 2. The Kier molecular flexibility index (Phi) is 4.27. The smallest absolute Gasteiger partial charge is 0.333 e. The number of aromatic nitrogens is 2. The van der Waals surface area contributed by atoms with Crippen molar-refractivity contribution >= 4 is 33.5 Å². The lowest BCUT2D eigenvalue weighted by molar-refractivity contribution is -0.141. The van der Waals surface area contributed by atoms with Gasteiger partial charge >= 0.3 is 17.6 Å². The van der Waals surface area contributed by atoms with E-state index in [-0.39, 0.29) is 6.54 Å². The highest BCUT2D eigenvalue weighted by molar-refractivity contribution is 7.19. The Hall–Kier alpha value is -2.42. The second kappa shape index (κ2) is 6.23. The van der Waals surface area contributed by atoms with Gasteiger partial charge < -0.3 is 9.47 Å². The van der Waals surface area contributed by atoms with Gasteiger partial charge in [-0.15, -0.1) is 11.3 Å². The molecule has 128 valence electrons. The van der Waals surface area contributed by atoms with Gasteiger partial charge in [0, 0.05) is 4.88 Å². The fourth-order valence-corrected chi connectivity index (χ4v) is 4.29. The Labute approximate surface area is 140 Å². The first-order valence-corrected chi connectivity index (χ1v) is 8.21. The number of esters is 2. The van der Waals surface area contributed by atoms with Crippen molar-refractivity contribution in [3.8, 4) is 0 Å². The number of rotatable bonds is 4. The summed E-state index contributed by atoms with van der Waals surface area (Å²) in [5.74, 6) is -1.31. The van der Waals surface area contributed by atoms with E-state index in [4.69, 9.17) is 0 Å². The van der Waals surface area contributed by atoms with Gasteiger partial charge in [0.1, 0.15) is 17.9 Å². The predicted octanol–water partition coefficient (Wildman–Crippen LogP) is 0.0594. The molecule has 3 rings (SSSR count). The van der Waals surface area contributed by atoms with Crippen LogP contribution >= 0.6 is 11.3 Å². The van der Waals surface area contributed by atoms with Crippen LogP contribution in [0.3, 0.4) is 0 Å². The lowest BCUT2D eigenvalue weighted by atomic mass is 10.2. The van der Waals surface area contributed by atoms with E-state index < -0.39 is 29.7 Å². The normalized spacial score (nSPS) is 13.1. The summed E-state index contributed by atoms with van der Waals surface area (Å²) < 4.78 is 11.2. The van der Waals surface area contributed by atoms with Crippen LogP contribution < -0.4 is 11.2 Å². The Morgan fingerprint density at radius 1 is 1.04 bits per heavy atom. The summed E-state index contributed by atoms with van der Waals surface area (Å²) in [6.45, 7) is -0.803. The van der Waals surface area contributed by atoms with Crippen molar-refractivity contribution < 1.29 is 19.1 Å². The predicted molar refractivity (Wildman–Crippen MR) is 86.4 cm³/mol. The van der Waals surface area contributed by atoms with Gasteiger partial charge in [-0.2, -0.15) is 0 Å². The number of fused-ring (bicyclic) bond motifs is 3. The molecule has 24 heavy (non-hydrogen) atoms. The molecule has 9 heteroatoms. The highest BCUT2D eigenvalue weighted by Gasteiger charge is 2.26. The molecule has 0 saturated carbocycles. The first-order valence-electron chi connectivity index (χ1n) is 7.39. The van der Waals surface area contributed by atoms with Gasteiger partial charge in [0.05, 0.1) is 19.6 Å². The molecule has 0 amide bonds. The van der Waals surface area contributed by atoms with Crippen LogP contribution in [-0.2, 0) is 45.0 Å². The molecule has 1 aliphatic rings. The zero-order chi connectivity index (χ0) is 17.4. The molecule has 8 nitrogen and oxygen atoms in total. The van der Waals surface area contributed by atoms with Crippen molar-refractivity contribution in [2.24, 2.45) is 0 Å². The summed E-state index contributed by atoms with van der Waals surface area (Å²) in [7, 11) is 2.41. The van der Waals surface area contributed by atoms with Crippen LogP contribution in [0.5, 0.6) is 0 Å². The van der Waals surface area contributed by atoms with Crippen LogP contribution in [0.4, 0.5) is 0 Å². The number of methoxy groups -OCH3 is 2. The van der Waals surface area contributed by atoms with E-state index in [1.54, 1.807) is 0 Å².